The van der Waals surface area contributed by atoms with Crippen LogP contribution in [0.15, 0.2) is 28.8 Å². The molecule has 2 N–H and O–H groups in total. The SMILES string of the molecule is COc1ccc(NC(=O)c2cc(C3CC3)no2)c(C(=O)O)c1. The number of hydrogen-bond acceptors (Lipinski definition) is 5. The summed E-state index contributed by atoms with van der Waals surface area (Å²) >= 11 is 0. The number of benzene rings is 1. The van der Waals surface area contributed by atoms with E-state index in [1.165, 1.54) is 19.2 Å². The molecule has 0 atom stereocenters. The number of hydrogen-bond donors (Lipinski definition) is 2. The molecule has 22 heavy (non-hydrogen) atoms. The molecule has 2 aromatic rings. The van der Waals surface area contributed by atoms with Crippen LogP contribution in [-0.4, -0.2) is 29.2 Å². The summed E-state index contributed by atoms with van der Waals surface area (Å²) in [5, 5.41) is 15.6. The molecule has 1 fully saturated rings. The number of anilines is 1. The van der Waals surface area contributed by atoms with Crippen LogP contribution in [0.3, 0.4) is 0 Å². The molecule has 0 saturated heterocycles. The number of amides is 1. The Labute approximate surface area is 125 Å². The van der Waals surface area contributed by atoms with Gasteiger partial charge in [0.2, 0.25) is 5.76 Å². The zero-order valence-corrected chi connectivity index (χ0v) is 11.8. The molecular formula is C15H14N2O5. The van der Waals surface area contributed by atoms with Gasteiger partial charge in [-0.25, -0.2) is 4.79 Å². The predicted octanol–water partition coefficient (Wildman–Crippen LogP) is 2.51. The van der Waals surface area contributed by atoms with Crippen molar-refractivity contribution in [3.05, 3.63) is 41.3 Å². The fraction of sp³-hybridized carbons (Fsp3) is 0.267. The van der Waals surface area contributed by atoms with Crippen LogP contribution in [-0.2, 0) is 0 Å². The smallest absolute Gasteiger partial charge is 0.337 e. The molecule has 1 aliphatic rings. The summed E-state index contributed by atoms with van der Waals surface area (Å²) in [6.07, 6.45) is 2.10. The summed E-state index contributed by atoms with van der Waals surface area (Å²) in [6.45, 7) is 0. The van der Waals surface area contributed by atoms with E-state index in [0.717, 1.165) is 18.5 Å². The van der Waals surface area contributed by atoms with Crippen molar-refractivity contribution in [3.63, 3.8) is 0 Å². The number of aromatic nitrogens is 1. The Morgan fingerprint density at radius 2 is 2.14 bits per heavy atom. The molecule has 7 nitrogen and oxygen atoms in total. The first kappa shape index (κ1) is 14.1. The lowest BCUT2D eigenvalue weighted by molar-refractivity contribution is 0.0697. The highest BCUT2D eigenvalue weighted by Crippen LogP contribution is 2.39. The van der Waals surface area contributed by atoms with Crippen LogP contribution >= 0.6 is 0 Å². The second kappa shape index (κ2) is 5.51. The zero-order chi connectivity index (χ0) is 15.7. The average Bonchev–Trinajstić information content (AvgIpc) is 3.24. The van der Waals surface area contributed by atoms with Crippen LogP contribution < -0.4 is 10.1 Å². The summed E-state index contributed by atoms with van der Waals surface area (Å²) in [4.78, 5) is 23.4. The zero-order valence-electron chi connectivity index (χ0n) is 11.8. The molecule has 1 aromatic heterocycles. The Morgan fingerprint density at radius 3 is 2.77 bits per heavy atom. The highest BCUT2D eigenvalue weighted by molar-refractivity contribution is 6.06. The molecule has 0 bridgehead atoms. The van der Waals surface area contributed by atoms with E-state index in [1.54, 1.807) is 12.1 Å². The van der Waals surface area contributed by atoms with Crippen LogP contribution in [0.25, 0.3) is 0 Å². The first-order valence-corrected chi connectivity index (χ1v) is 6.78. The van der Waals surface area contributed by atoms with Crippen LogP contribution in [0, 0.1) is 0 Å². The van der Waals surface area contributed by atoms with Gasteiger partial charge in [-0.2, -0.15) is 0 Å². The monoisotopic (exact) mass is 302 g/mol. The van der Waals surface area contributed by atoms with E-state index in [9.17, 15) is 14.7 Å². The summed E-state index contributed by atoms with van der Waals surface area (Å²) in [6, 6.07) is 5.97. The van der Waals surface area contributed by atoms with Gasteiger partial charge in [-0.05, 0) is 31.0 Å². The van der Waals surface area contributed by atoms with Crippen LogP contribution in [0.2, 0.25) is 0 Å². The third-order valence-electron chi connectivity index (χ3n) is 3.45. The standard InChI is InChI=1S/C15H14N2O5/c1-21-9-4-5-11(10(6-9)15(19)20)16-14(18)13-7-12(17-22-13)8-2-3-8/h4-8H,2-3H2,1H3,(H,16,18)(H,19,20). The van der Waals surface area contributed by atoms with Gasteiger partial charge in [0, 0.05) is 12.0 Å². The highest BCUT2D eigenvalue weighted by Gasteiger charge is 2.28. The van der Waals surface area contributed by atoms with Gasteiger partial charge >= 0.3 is 5.97 Å². The van der Waals surface area contributed by atoms with Gasteiger partial charge < -0.3 is 19.7 Å². The lowest BCUT2D eigenvalue weighted by Gasteiger charge is -2.08. The maximum atomic E-state index is 12.1. The third kappa shape index (κ3) is 2.78. The number of ether oxygens (including phenoxy) is 1. The Balaban J connectivity index is 1.81. The second-order valence-electron chi connectivity index (χ2n) is 5.06. The molecule has 3 rings (SSSR count). The van der Waals surface area contributed by atoms with Crippen molar-refractivity contribution in [2.24, 2.45) is 0 Å². The minimum absolute atomic E-state index is 0.0605. The molecule has 1 saturated carbocycles. The lowest BCUT2D eigenvalue weighted by atomic mass is 10.1. The van der Waals surface area contributed by atoms with E-state index >= 15 is 0 Å². The average molecular weight is 302 g/mol. The van der Waals surface area contributed by atoms with E-state index in [-0.39, 0.29) is 17.0 Å². The van der Waals surface area contributed by atoms with Gasteiger partial charge in [0.25, 0.3) is 5.91 Å². The van der Waals surface area contributed by atoms with E-state index in [1.807, 2.05) is 0 Å². The number of nitrogens with zero attached hydrogens (tertiary/aromatic N) is 1. The summed E-state index contributed by atoms with van der Waals surface area (Å²) in [5.74, 6) is -0.862. The molecule has 0 spiro atoms. The number of nitrogens with one attached hydrogen (secondary N) is 1. The normalized spacial score (nSPS) is 13.7. The van der Waals surface area contributed by atoms with E-state index < -0.39 is 11.9 Å². The van der Waals surface area contributed by atoms with Crippen molar-refractivity contribution in [2.45, 2.75) is 18.8 Å². The van der Waals surface area contributed by atoms with E-state index in [2.05, 4.69) is 10.5 Å². The molecule has 0 radical (unpaired) electrons. The van der Waals surface area contributed by atoms with Gasteiger partial charge in [-0.3, -0.25) is 4.79 Å². The Hall–Kier alpha value is -2.83. The number of carboxylic acids is 1. The summed E-state index contributed by atoms with van der Waals surface area (Å²) < 4.78 is 9.99. The molecule has 0 unspecified atom stereocenters. The highest BCUT2D eigenvalue weighted by atomic mass is 16.5. The summed E-state index contributed by atoms with van der Waals surface area (Å²) in [5.41, 5.74) is 0.871. The molecule has 1 amide bonds. The first-order chi connectivity index (χ1) is 10.6. The second-order valence-corrected chi connectivity index (χ2v) is 5.06. The molecular weight excluding hydrogens is 288 g/mol. The van der Waals surface area contributed by atoms with Gasteiger partial charge in [-0.1, -0.05) is 5.16 Å². The molecule has 0 aliphatic heterocycles. The number of carbonyl (C=O) groups is 2. The Morgan fingerprint density at radius 1 is 1.36 bits per heavy atom. The number of carbonyl (C=O) groups excluding carboxylic acids is 1. The van der Waals surface area contributed by atoms with Gasteiger partial charge in [-0.15, -0.1) is 0 Å². The number of rotatable bonds is 5. The van der Waals surface area contributed by atoms with Crippen molar-refractivity contribution in [1.82, 2.24) is 5.16 Å². The fourth-order valence-corrected chi connectivity index (χ4v) is 2.09. The van der Waals surface area contributed by atoms with Crippen molar-refractivity contribution < 1.29 is 24.0 Å². The third-order valence-corrected chi connectivity index (χ3v) is 3.45. The van der Waals surface area contributed by atoms with E-state index in [0.29, 0.717) is 11.7 Å². The summed E-state index contributed by atoms with van der Waals surface area (Å²) in [7, 11) is 1.44. The van der Waals surface area contributed by atoms with E-state index in [4.69, 9.17) is 9.26 Å². The molecule has 7 heteroatoms. The van der Waals surface area contributed by atoms with Crippen molar-refractivity contribution >= 4 is 17.6 Å². The van der Waals surface area contributed by atoms with Crippen molar-refractivity contribution in [2.75, 3.05) is 12.4 Å². The number of carboxylic acid groups (broad SMARTS) is 1. The minimum Gasteiger partial charge on any atom is -0.497 e. The molecule has 1 aromatic carbocycles. The quantitative estimate of drug-likeness (QED) is 0.880. The molecule has 1 aliphatic carbocycles. The predicted molar refractivity (Wildman–Crippen MR) is 76.4 cm³/mol. The Kier molecular flexibility index (Phi) is 3.54. The first-order valence-electron chi connectivity index (χ1n) is 6.78. The van der Waals surface area contributed by atoms with Gasteiger partial charge in [0.05, 0.1) is 24.1 Å². The maximum Gasteiger partial charge on any atom is 0.337 e. The maximum absolute atomic E-state index is 12.1. The van der Waals surface area contributed by atoms with Crippen LogP contribution in [0.1, 0.15) is 45.4 Å². The van der Waals surface area contributed by atoms with Gasteiger partial charge in [0.15, 0.2) is 0 Å². The lowest BCUT2D eigenvalue weighted by Crippen LogP contribution is -2.14. The molecule has 1 heterocycles. The molecule has 114 valence electrons. The fourth-order valence-electron chi connectivity index (χ4n) is 2.09. The minimum atomic E-state index is -1.16. The van der Waals surface area contributed by atoms with Crippen molar-refractivity contribution in [3.8, 4) is 5.75 Å². The van der Waals surface area contributed by atoms with Gasteiger partial charge in [0.1, 0.15) is 5.75 Å². The van der Waals surface area contributed by atoms with Crippen LogP contribution in [0.4, 0.5) is 5.69 Å². The van der Waals surface area contributed by atoms with Crippen molar-refractivity contribution in [1.29, 1.82) is 0 Å². The largest absolute Gasteiger partial charge is 0.497 e. The van der Waals surface area contributed by atoms with Crippen LogP contribution in [0.5, 0.6) is 5.75 Å². The topological polar surface area (TPSA) is 102 Å². The Bertz CT molecular complexity index is 733. The number of methoxy groups -OCH3 is 1. The number of aromatic carboxylic acids is 1.